The van der Waals surface area contributed by atoms with E-state index >= 15 is 0 Å². The molecule has 4 heteroatoms. The zero-order valence-electron chi connectivity index (χ0n) is 9.03. The first-order chi connectivity index (χ1) is 7.26. The topological polar surface area (TPSA) is 48.4 Å². The van der Waals surface area contributed by atoms with Gasteiger partial charge in [-0.25, -0.2) is 0 Å². The minimum atomic E-state index is -0.180. The maximum atomic E-state index is 11.1. The van der Waals surface area contributed by atoms with Gasteiger partial charge in [0.2, 0.25) is 0 Å². The van der Waals surface area contributed by atoms with Crippen molar-refractivity contribution in [3.05, 3.63) is 24.0 Å². The summed E-state index contributed by atoms with van der Waals surface area (Å²) < 4.78 is 9.86. The highest BCUT2D eigenvalue weighted by molar-refractivity contribution is 5.69. The number of carbonyl (C=O) groups is 1. The van der Waals surface area contributed by atoms with Crippen molar-refractivity contribution in [3.8, 4) is 5.75 Å². The third kappa shape index (κ3) is 3.97. The molecule has 0 spiro atoms. The van der Waals surface area contributed by atoms with Gasteiger partial charge >= 0.3 is 5.97 Å². The molecule has 0 bridgehead atoms. The summed E-state index contributed by atoms with van der Waals surface area (Å²) >= 11 is 0. The molecule has 0 N–H and O–H groups in total. The quantitative estimate of drug-likeness (QED) is 0.691. The smallest absolute Gasteiger partial charge is 0.306 e. The fourth-order valence-electron chi connectivity index (χ4n) is 1.19. The fraction of sp³-hybridized carbons (Fsp3) is 0.455. The molecule has 0 aromatic carbocycles. The number of nitrogens with zero attached hydrogens (tertiary/aromatic N) is 1. The SMILES string of the molecule is CCOC(=O)CCc1cncc(OC)c1. The van der Waals surface area contributed by atoms with Gasteiger partial charge in [-0.2, -0.15) is 0 Å². The van der Waals surface area contributed by atoms with Crippen LogP contribution in [0.15, 0.2) is 18.5 Å². The fourth-order valence-corrected chi connectivity index (χ4v) is 1.19. The second-order valence-corrected chi connectivity index (χ2v) is 3.04. The molecular weight excluding hydrogens is 194 g/mol. The van der Waals surface area contributed by atoms with E-state index in [0.717, 1.165) is 5.56 Å². The summed E-state index contributed by atoms with van der Waals surface area (Å²) in [7, 11) is 1.59. The van der Waals surface area contributed by atoms with Crippen LogP contribution in [0.5, 0.6) is 5.75 Å². The molecule has 0 aliphatic heterocycles. The highest BCUT2D eigenvalue weighted by Crippen LogP contribution is 2.11. The van der Waals surface area contributed by atoms with Crippen LogP contribution in [0.25, 0.3) is 0 Å². The summed E-state index contributed by atoms with van der Waals surface area (Å²) in [5.74, 6) is 0.525. The Balaban J connectivity index is 2.46. The van der Waals surface area contributed by atoms with Crippen molar-refractivity contribution < 1.29 is 14.3 Å². The molecule has 1 rings (SSSR count). The number of methoxy groups -OCH3 is 1. The molecule has 1 heterocycles. The van der Waals surface area contributed by atoms with E-state index in [2.05, 4.69) is 4.98 Å². The van der Waals surface area contributed by atoms with E-state index in [1.165, 1.54) is 0 Å². The zero-order valence-corrected chi connectivity index (χ0v) is 9.03. The van der Waals surface area contributed by atoms with Gasteiger partial charge in [-0.3, -0.25) is 9.78 Å². The molecule has 15 heavy (non-hydrogen) atoms. The van der Waals surface area contributed by atoms with Crippen LogP contribution < -0.4 is 4.74 Å². The van der Waals surface area contributed by atoms with Crippen LogP contribution >= 0.6 is 0 Å². The molecular formula is C11H15NO3. The highest BCUT2D eigenvalue weighted by Gasteiger charge is 2.03. The summed E-state index contributed by atoms with van der Waals surface area (Å²) in [6, 6.07) is 1.87. The van der Waals surface area contributed by atoms with Gasteiger partial charge in [-0.05, 0) is 25.0 Å². The normalized spacial score (nSPS) is 9.73. The first-order valence-corrected chi connectivity index (χ1v) is 4.89. The van der Waals surface area contributed by atoms with E-state index in [4.69, 9.17) is 9.47 Å². The van der Waals surface area contributed by atoms with Gasteiger partial charge in [-0.1, -0.05) is 0 Å². The van der Waals surface area contributed by atoms with E-state index < -0.39 is 0 Å². The predicted molar refractivity (Wildman–Crippen MR) is 55.7 cm³/mol. The first-order valence-electron chi connectivity index (χ1n) is 4.89. The van der Waals surface area contributed by atoms with Crippen LogP contribution in [0, 0.1) is 0 Å². The second-order valence-electron chi connectivity index (χ2n) is 3.04. The lowest BCUT2D eigenvalue weighted by molar-refractivity contribution is -0.143. The van der Waals surface area contributed by atoms with Crippen molar-refractivity contribution in [2.75, 3.05) is 13.7 Å². The Labute approximate surface area is 89.2 Å². The number of carbonyl (C=O) groups excluding carboxylic acids is 1. The lowest BCUT2D eigenvalue weighted by Crippen LogP contribution is -2.05. The lowest BCUT2D eigenvalue weighted by atomic mass is 10.1. The summed E-state index contributed by atoms with van der Waals surface area (Å²) in [4.78, 5) is 15.1. The average Bonchev–Trinajstić information content (AvgIpc) is 2.27. The second kappa shape index (κ2) is 6.01. The highest BCUT2D eigenvalue weighted by atomic mass is 16.5. The number of pyridine rings is 1. The third-order valence-corrected chi connectivity index (χ3v) is 1.93. The average molecular weight is 209 g/mol. The number of hydrogen-bond acceptors (Lipinski definition) is 4. The zero-order chi connectivity index (χ0) is 11.1. The van der Waals surface area contributed by atoms with Crippen molar-refractivity contribution in [2.24, 2.45) is 0 Å². The number of aryl methyl sites for hydroxylation is 1. The molecule has 0 saturated carbocycles. The van der Waals surface area contributed by atoms with E-state index in [1.54, 1.807) is 26.4 Å². The first kappa shape index (κ1) is 11.5. The van der Waals surface area contributed by atoms with Crippen LogP contribution in [0.4, 0.5) is 0 Å². The summed E-state index contributed by atoms with van der Waals surface area (Å²) in [5, 5.41) is 0. The molecule has 1 aromatic rings. The molecule has 0 unspecified atom stereocenters. The van der Waals surface area contributed by atoms with E-state index in [-0.39, 0.29) is 5.97 Å². The van der Waals surface area contributed by atoms with E-state index in [9.17, 15) is 4.79 Å². The summed E-state index contributed by atoms with van der Waals surface area (Å²) in [6.45, 7) is 2.22. The number of hydrogen-bond donors (Lipinski definition) is 0. The lowest BCUT2D eigenvalue weighted by Gasteiger charge is -2.03. The molecule has 82 valence electrons. The van der Waals surface area contributed by atoms with Gasteiger partial charge in [0.05, 0.1) is 19.9 Å². The van der Waals surface area contributed by atoms with Gasteiger partial charge < -0.3 is 9.47 Å². The molecule has 0 radical (unpaired) electrons. The number of aromatic nitrogens is 1. The molecule has 1 aromatic heterocycles. The van der Waals surface area contributed by atoms with E-state index in [0.29, 0.717) is 25.2 Å². The van der Waals surface area contributed by atoms with Gasteiger partial charge in [0.1, 0.15) is 5.75 Å². The third-order valence-electron chi connectivity index (χ3n) is 1.93. The summed E-state index contributed by atoms with van der Waals surface area (Å²) in [6.07, 6.45) is 4.36. The van der Waals surface area contributed by atoms with Crippen LogP contribution in [0.3, 0.4) is 0 Å². The molecule has 0 saturated heterocycles. The van der Waals surface area contributed by atoms with Crippen molar-refractivity contribution >= 4 is 5.97 Å². The van der Waals surface area contributed by atoms with Gasteiger partial charge in [0.25, 0.3) is 0 Å². The Hall–Kier alpha value is -1.58. The van der Waals surface area contributed by atoms with Crippen LogP contribution in [0.2, 0.25) is 0 Å². The van der Waals surface area contributed by atoms with Crippen molar-refractivity contribution in [1.82, 2.24) is 4.98 Å². The Morgan fingerprint density at radius 3 is 2.93 bits per heavy atom. The molecule has 0 amide bonds. The van der Waals surface area contributed by atoms with Crippen molar-refractivity contribution in [2.45, 2.75) is 19.8 Å². The Kier molecular flexibility index (Phi) is 4.60. The van der Waals surface area contributed by atoms with Gasteiger partial charge in [-0.15, -0.1) is 0 Å². The monoisotopic (exact) mass is 209 g/mol. The Bertz CT molecular complexity index is 325. The molecule has 0 fully saturated rings. The van der Waals surface area contributed by atoms with Crippen LogP contribution in [-0.2, 0) is 16.0 Å². The van der Waals surface area contributed by atoms with Crippen molar-refractivity contribution in [3.63, 3.8) is 0 Å². The maximum absolute atomic E-state index is 11.1. The minimum Gasteiger partial charge on any atom is -0.495 e. The molecule has 0 aliphatic carbocycles. The van der Waals surface area contributed by atoms with Gasteiger partial charge in [0.15, 0.2) is 0 Å². The largest absolute Gasteiger partial charge is 0.495 e. The Morgan fingerprint density at radius 2 is 2.27 bits per heavy atom. The van der Waals surface area contributed by atoms with Crippen molar-refractivity contribution in [1.29, 1.82) is 0 Å². The summed E-state index contributed by atoms with van der Waals surface area (Å²) in [5.41, 5.74) is 0.974. The van der Waals surface area contributed by atoms with Crippen LogP contribution in [0.1, 0.15) is 18.9 Å². The molecule has 0 aliphatic rings. The predicted octanol–water partition coefficient (Wildman–Crippen LogP) is 1.59. The van der Waals surface area contributed by atoms with E-state index in [1.807, 2.05) is 6.07 Å². The Morgan fingerprint density at radius 1 is 1.47 bits per heavy atom. The number of ether oxygens (including phenoxy) is 2. The minimum absolute atomic E-state index is 0.180. The molecule has 4 nitrogen and oxygen atoms in total. The standard InChI is InChI=1S/C11H15NO3/c1-3-15-11(13)5-4-9-6-10(14-2)8-12-7-9/h6-8H,3-5H2,1-2H3. The maximum Gasteiger partial charge on any atom is 0.306 e. The van der Waals surface area contributed by atoms with Gasteiger partial charge in [0, 0.05) is 12.6 Å². The number of rotatable bonds is 5. The van der Waals surface area contributed by atoms with Crippen LogP contribution in [-0.4, -0.2) is 24.7 Å². The number of esters is 1. The molecule has 0 atom stereocenters.